The van der Waals surface area contributed by atoms with E-state index in [-0.39, 0.29) is 4.90 Å². The average molecular weight is 358 g/mol. The minimum atomic E-state index is -3.76. The average Bonchev–Trinajstić information content (AvgIpc) is 3.05. The van der Waals surface area contributed by atoms with Crippen molar-refractivity contribution in [3.05, 3.63) is 60.4 Å². The van der Waals surface area contributed by atoms with E-state index in [4.69, 9.17) is 9.15 Å². The Labute approximate surface area is 146 Å². The Morgan fingerprint density at radius 1 is 1.16 bits per heavy atom. The summed E-state index contributed by atoms with van der Waals surface area (Å²) in [6.07, 6.45) is 0. The molecule has 0 aliphatic carbocycles. The summed E-state index contributed by atoms with van der Waals surface area (Å²) in [4.78, 5) is 2.34. The Hall–Kier alpha value is -2.80. The van der Waals surface area contributed by atoms with Crippen molar-refractivity contribution in [1.29, 1.82) is 0 Å². The van der Waals surface area contributed by atoms with Crippen molar-refractivity contribution in [2.75, 3.05) is 6.61 Å². The highest BCUT2D eigenvalue weighted by Gasteiger charge is 2.14. The number of para-hydroxylation sites is 1. The van der Waals surface area contributed by atoms with Gasteiger partial charge in [-0.1, -0.05) is 18.2 Å². The molecule has 130 valence electrons. The minimum Gasteiger partial charge on any atom is -0.494 e. The number of sulfonamides is 1. The van der Waals surface area contributed by atoms with Gasteiger partial charge in [-0.3, -0.25) is 0 Å². The lowest BCUT2D eigenvalue weighted by atomic mass is 10.2. The molecule has 0 aliphatic rings. The maximum atomic E-state index is 12.3. The molecule has 0 unspecified atom stereocenters. The third-order valence-electron chi connectivity index (χ3n) is 3.56. The van der Waals surface area contributed by atoms with E-state index in [9.17, 15) is 8.42 Å². The highest BCUT2D eigenvalue weighted by Crippen LogP contribution is 2.20. The van der Waals surface area contributed by atoms with Gasteiger partial charge in [0.15, 0.2) is 5.76 Å². The molecule has 6 nitrogen and oxygen atoms in total. The van der Waals surface area contributed by atoms with Crippen molar-refractivity contribution in [3.63, 3.8) is 0 Å². The quantitative estimate of drug-likeness (QED) is 0.540. The van der Waals surface area contributed by atoms with Gasteiger partial charge in [-0.05, 0) is 50.2 Å². The molecule has 0 amide bonds. The van der Waals surface area contributed by atoms with E-state index in [0.717, 1.165) is 11.0 Å². The Morgan fingerprint density at radius 2 is 1.88 bits per heavy atom. The molecule has 0 atom stereocenters. The lowest BCUT2D eigenvalue weighted by Crippen LogP contribution is -2.19. The van der Waals surface area contributed by atoms with E-state index in [1.807, 2.05) is 37.3 Å². The molecular weight excluding hydrogens is 340 g/mol. The van der Waals surface area contributed by atoms with E-state index < -0.39 is 10.0 Å². The fourth-order valence-corrected chi connectivity index (χ4v) is 3.14. The van der Waals surface area contributed by atoms with Crippen LogP contribution in [0.2, 0.25) is 0 Å². The Kier molecular flexibility index (Phi) is 4.76. The number of ether oxygens (including phenoxy) is 1. The smallest absolute Gasteiger partial charge is 0.276 e. The van der Waals surface area contributed by atoms with Crippen LogP contribution in [0, 0.1) is 0 Å². The lowest BCUT2D eigenvalue weighted by Gasteiger charge is -2.06. The summed E-state index contributed by atoms with van der Waals surface area (Å²) in [7, 11) is -3.76. The highest BCUT2D eigenvalue weighted by molar-refractivity contribution is 7.89. The first-order valence-electron chi connectivity index (χ1n) is 7.77. The molecule has 0 saturated heterocycles. The molecule has 25 heavy (non-hydrogen) atoms. The molecule has 1 N–H and O–H groups in total. The summed E-state index contributed by atoms with van der Waals surface area (Å²) in [5.74, 6) is 1.12. The summed E-state index contributed by atoms with van der Waals surface area (Å²) in [6, 6.07) is 15.5. The van der Waals surface area contributed by atoms with Gasteiger partial charge in [0.2, 0.25) is 0 Å². The molecule has 1 aromatic heterocycles. The topological polar surface area (TPSA) is 80.9 Å². The Balaban J connectivity index is 1.78. The Bertz CT molecular complexity index is 972. The number of hydrogen-bond acceptors (Lipinski definition) is 5. The highest BCUT2D eigenvalue weighted by atomic mass is 32.2. The van der Waals surface area contributed by atoms with Crippen LogP contribution in [0.3, 0.4) is 0 Å². The van der Waals surface area contributed by atoms with E-state index in [1.165, 1.54) is 12.1 Å². The van der Waals surface area contributed by atoms with Gasteiger partial charge in [0.25, 0.3) is 10.0 Å². The van der Waals surface area contributed by atoms with Crippen LogP contribution in [-0.2, 0) is 10.0 Å². The van der Waals surface area contributed by atoms with Crippen LogP contribution in [0.4, 0.5) is 0 Å². The van der Waals surface area contributed by atoms with E-state index >= 15 is 0 Å². The Morgan fingerprint density at radius 3 is 2.56 bits per heavy atom. The van der Waals surface area contributed by atoms with Gasteiger partial charge in [-0.2, -0.15) is 18.4 Å². The molecule has 7 heteroatoms. The number of benzene rings is 2. The molecule has 0 bridgehead atoms. The van der Waals surface area contributed by atoms with Crippen LogP contribution in [0.5, 0.6) is 5.75 Å². The zero-order chi connectivity index (χ0) is 17.9. The first-order chi connectivity index (χ1) is 12.0. The molecule has 0 saturated carbocycles. The van der Waals surface area contributed by atoms with Gasteiger partial charge >= 0.3 is 0 Å². The van der Waals surface area contributed by atoms with Crippen molar-refractivity contribution < 1.29 is 17.6 Å². The van der Waals surface area contributed by atoms with Crippen LogP contribution < -0.4 is 9.57 Å². The predicted octanol–water partition coefficient (Wildman–Crippen LogP) is 3.53. The molecule has 0 radical (unpaired) electrons. The molecule has 2 aromatic carbocycles. The number of nitrogens with one attached hydrogen (secondary N) is 1. The van der Waals surface area contributed by atoms with Crippen molar-refractivity contribution in [2.45, 2.75) is 18.7 Å². The molecule has 0 spiro atoms. The maximum Gasteiger partial charge on any atom is 0.276 e. The zero-order valence-electron chi connectivity index (χ0n) is 13.9. The summed E-state index contributed by atoms with van der Waals surface area (Å²) in [6.45, 7) is 4.06. The van der Waals surface area contributed by atoms with Crippen LogP contribution in [0.1, 0.15) is 19.6 Å². The van der Waals surface area contributed by atoms with E-state index in [2.05, 4.69) is 9.93 Å². The normalized spacial score (nSPS) is 12.3. The van der Waals surface area contributed by atoms with E-state index in [1.54, 1.807) is 19.1 Å². The first-order valence-corrected chi connectivity index (χ1v) is 9.26. The molecule has 0 aliphatic heterocycles. The number of hydrazone groups is 1. The summed E-state index contributed by atoms with van der Waals surface area (Å²) < 4.78 is 35.6. The zero-order valence-corrected chi connectivity index (χ0v) is 14.7. The fourth-order valence-electron chi connectivity index (χ4n) is 2.28. The molecule has 1 heterocycles. The van der Waals surface area contributed by atoms with Crippen LogP contribution in [0.15, 0.2) is 69.0 Å². The van der Waals surface area contributed by atoms with Gasteiger partial charge in [0.05, 0.1) is 11.5 Å². The van der Waals surface area contributed by atoms with Crippen molar-refractivity contribution in [3.8, 4) is 5.75 Å². The lowest BCUT2D eigenvalue weighted by molar-refractivity contribution is 0.340. The van der Waals surface area contributed by atoms with Gasteiger partial charge in [-0.15, -0.1) is 0 Å². The van der Waals surface area contributed by atoms with Crippen LogP contribution >= 0.6 is 0 Å². The monoisotopic (exact) mass is 358 g/mol. The summed E-state index contributed by atoms with van der Waals surface area (Å²) >= 11 is 0. The standard InChI is InChI=1S/C18H18N2O4S/c1-3-23-15-8-10-16(11-9-15)25(21,22)20-19-13(2)18-12-14-6-4-5-7-17(14)24-18/h4-12,20H,3H2,1-2H3/b19-13-. The first kappa shape index (κ1) is 17.0. The van der Waals surface area contributed by atoms with E-state index in [0.29, 0.717) is 23.8 Å². The predicted molar refractivity (Wildman–Crippen MR) is 96.4 cm³/mol. The number of rotatable bonds is 6. The number of furan rings is 1. The number of nitrogens with zero attached hydrogens (tertiary/aromatic N) is 1. The maximum absolute atomic E-state index is 12.3. The van der Waals surface area contributed by atoms with Crippen LogP contribution in [0.25, 0.3) is 11.0 Å². The van der Waals surface area contributed by atoms with Crippen molar-refractivity contribution in [1.82, 2.24) is 4.83 Å². The second kappa shape index (κ2) is 6.98. The molecular formula is C18H18N2O4S. The van der Waals surface area contributed by atoms with Gasteiger partial charge in [0, 0.05) is 5.39 Å². The van der Waals surface area contributed by atoms with Crippen molar-refractivity contribution in [2.24, 2.45) is 5.10 Å². The number of fused-ring (bicyclic) bond motifs is 1. The number of hydrogen-bond donors (Lipinski definition) is 1. The third kappa shape index (κ3) is 3.83. The minimum absolute atomic E-state index is 0.108. The molecule has 0 fully saturated rings. The second-order valence-corrected chi connectivity index (χ2v) is 7.01. The molecule has 3 aromatic rings. The van der Waals surface area contributed by atoms with Gasteiger partial charge in [0.1, 0.15) is 17.0 Å². The SMILES string of the molecule is CCOc1ccc(S(=O)(=O)N/N=C(/C)c2cc3ccccc3o2)cc1. The fraction of sp³-hybridized carbons (Fsp3) is 0.167. The van der Waals surface area contributed by atoms with Gasteiger partial charge in [-0.25, -0.2) is 0 Å². The molecule has 3 rings (SSSR count). The summed E-state index contributed by atoms with van der Waals surface area (Å²) in [5.41, 5.74) is 1.16. The van der Waals surface area contributed by atoms with Crippen molar-refractivity contribution >= 4 is 26.7 Å². The largest absolute Gasteiger partial charge is 0.494 e. The van der Waals surface area contributed by atoms with Crippen LogP contribution in [-0.4, -0.2) is 20.7 Å². The third-order valence-corrected chi connectivity index (χ3v) is 4.79. The summed E-state index contributed by atoms with van der Waals surface area (Å²) in [5, 5.41) is 4.88. The van der Waals surface area contributed by atoms with Gasteiger partial charge < -0.3 is 9.15 Å². The second-order valence-electron chi connectivity index (χ2n) is 5.34.